The fourth-order valence-electron chi connectivity index (χ4n) is 1.71. The van der Waals surface area contributed by atoms with Crippen molar-refractivity contribution in [1.82, 2.24) is 9.97 Å². The van der Waals surface area contributed by atoms with Crippen molar-refractivity contribution >= 4 is 5.82 Å². The topological polar surface area (TPSA) is 47.0 Å². The summed E-state index contributed by atoms with van der Waals surface area (Å²) in [6.07, 6.45) is 0.608. The van der Waals surface area contributed by atoms with Gasteiger partial charge in [-0.25, -0.2) is 9.37 Å². The van der Waals surface area contributed by atoms with E-state index in [0.29, 0.717) is 23.6 Å². The summed E-state index contributed by atoms with van der Waals surface area (Å²) < 4.78 is 32.2. The van der Waals surface area contributed by atoms with Crippen molar-refractivity contribution in [2.75, 3.05) is 12.4 Å². The minimum atomic E-state index is -1.03. The molecule has 20 heavy (non-hydrogen) atoms. The van der Waals surface area contributed by atoms with Gasteiger partial charge in [-0.3, -0.25) is 0 Å². The highest BCUT2D eigenvalue weighted by atomic mass is 19.2. The maximum atomic E-state index is 13.6. The molecule has 1 N–H and O–H groups in total. The van der Waals surface area contributed by atoms with E-state index >= 15 is 0 Å². The highest BCUT2D eigenvalue weighted by Gasteiger charge is 2.15. The van der Waals surface area contributed by atoms with E-state index < -0.39 is 11.6 Å². The molecule has 0 atom stereocenters. The summed E-state index contributed by atoms with van der Waals surface area (Å²) >= 11 is 0. The largest absolute Gasteiger partial charge is 0.435 e. The van der Waals surface area contributed by atoms with E-state index in [1.807, 2.05) is 6.92 Å². The molecule has 0 saturated carbocycles. The fourth-order valence-corrected chi connectivity index (χ4v) is 1.71. The zero-order valence-electron chi connectivity index (χ0n) is 11.5. The van der Waals surface area contributed by atoms with Crippen LogP contribution in [0, 0.1) is 18.6 Å². The Morgan fingerprint density at radius 2 is 2.00 bits per heavy atom. The molecule has 6 heteroatoms. The van der Waals surface area contributed by atoms with Crippen LogP contribution in [0.3, 0.4) is 0 Å². The Kier molecular flexibility index (Phi) is 4.12. The van der Waals surface area contributed by atoms with E-state index in [2.05, 4.69) is 15.3 Å². The third kappa shape index (κ3) is 2.68. The third-order valence-electron chi connectivity index (χ3n) is 2.82. The number of hydrogen-bond donors (Lipinski definition) is 1. The number of aromatic nitrogens is 2. The third-order valence-corrected chi connectivity index (χ3v) is 2.82. The van der Waals surface area contributed by atoms with E-state index in [4.69, 9.17) is 4.74 Å². The molecule has 2 aromatic rings. The zero-order valence-corrected chi connectivity index (χ0v) is 11.5. The molecule has 106 valence electrons. The van der Waals surface area contributed by atoms with Gasteiger partial charge < -0.3 is 10.1 Å². The highest BCUT2D eigenvalue weighted by molar-refractivity contribution is 5.49. The van der Waals surface area contributed by atoms with Crippen molar-refractivity contribution in [3.63, 3.8) is 0 Å². The van der Waals surface area contributed by atoms with Crippen LogP contribution in [0.15, 0.2) is 18.2 Å². The predicted molar refractivity (Wildman–Crippen MR) is 72.1 cm³/mol. The van der Waals surface area contributed by atoms with Crippen LogP contribution in [0.5, 0.6) is 11.6 Å². The summed E-state index contributed by atoms with van der Waals surface area (Å²) in [6.45, 7) is 3.65. The van der Waals surface area contributed by atoms with Crippen LogP contribution in [-0.4, -0.2) is 17.0 Å². The Bertz CT molecular complexity index is 632. The highest BCUT2D eigenvalue weighted by Crippen LogP contribution is 2.29. The van der Waals surface area contributed by atoms with Crippen LogP contribution in [0.1, 0.15) is 18.3 Å². The summed E-state index contributed by atoms with van der Waals surface area (Å²) in [5.74, 6) is -0.814. The lowest BCUT2D eigenvalue weighted by molar-refractivity contribution is 0.401. The van der Waals surface area contributed by atoms with E-state index in [1.165, 1.54) is 12.1 Å². The summed E-state index contributed by atoms with van der Waals surface area (Å²) in [7, 11) is 1.72. The first-order valence-corrected chi connectivity index (χ1v) is 6.24. The summed E-state index contributed by atoms with van der Waals surface area (Å²) in [5.41, 5.74) is 0.633. The number of rotatable bonds is 4. The van der Waals surface area contributed by atoms with Crippen molar-refractivity contribution < 1.29 is 13.5 Å². The molecule has 0 radical (unpaired) electrons. The number of benzene rings is 1. The molecule has 0 aliphatic heterocycles. The van der Waals surface area contributed by atoms with Crippen LogP contribution < -0.4 is 10.1 Å². The van der Waals surface area contributed by atoms with Gasteiger partial charge in [0.25, 0.3) is 0 Å². The van der Waals surface area contributed by atoms with Crippen LogP contribution in [0.2, 0.25) is 0 Å². The van der Waals surface area contributed by atoms with Gasteiger partial charge in [0.1, 0.15) is 11.6 Å². The summed E-state index contributed by atoms with van der Waals surface area (Å²) in [5, 5.41) is 2.92. The lowest BCUT2D eigenvalue weighted by Gasteiger charge is -2.12. The molecule has 1 aromatic heterocycles. The minimum Gasteiger partial charge on any atom is -0.435 e. The van der Waals surface area contributed by atoms with Crippen molar-refractivity contribution in [3.05, 3.63) is 41.2 Å². The van der Waals surface area contributed by atoms with Gasteiger partial charge in [-0.05, 0) is 19.1 Å². The van der Waals surface area contributed by atoms with E-state index in [1.54, 1.807) is 14.0 Å². The normalized spacial score (nSPS) is 10.4. The molecule has 4 nitrogen and oxygen atoms in total. The summed E-state index contributed by atoms with van der Waals surface area (Å²) in [4.78, 5) is 8.48. The monoisotopic (exact) mass is 279 g/mol. The molecule has 2 rings (SSSR count). The first-order chi connectivity index (χ1) is 9.56. The van der Waals surface area contributed by atoms with Crippen molar-refractivity contribution in [2.24, 2.45) is 0 Å². The molecule has 1 aromatic carbocycles. The van der Waals surface area contributed by atoms with Crippen LogP contribution in [0.25, 0.3) is 0 Å². The molecule has 0 unspecified atom stereocenters. The molecule has 0 fully saturated rings. The Hall–Kier alpha value is -2.24. The second-order valence-electron chi connectivity index (χ2n) is 4.18. The van der Waals surface area contributed by atoms with Crippen LogP contribution in [-0.2, 0) is 6.42 Å². The van der Waals surface area contributed by atoms with Gasteiger partial charge in [-0.15, -0.1) is 0 Å². The van der Waals surface area contributed by atoms with Crippen molar-refractivity contribution in [3.8, 4) is 11.6 Å². The number of hydrogen-bond acceptors (Lipinski definition) is 4. The lowest BCUT2D eigenvalue weighted by atomic mass is 10.3. The molecule has 1 heterocycles. The number of halogens is 2. The number of anilines is 1. The Morgan fingerprint density at radius 1 is 1.25 bits per heavy atom. The SMILES string of the molecule is CCc1nc(NC)c(C)c(Oc2cccc(F)c2F)n1. The van der Waals surface area contributed by atoms with Crippen LogP contribution >= 0.6 is 0 Å². The smallest absolute Gasteiger partial charge is 0.227 e. The quantitative estimate of drug-likeness (QED) is 0.931. The van der Waals surface area contributed by atoms with Crippen molar-refractivity contribution in [1.29, 1.82) is 0 Å². The van der Waals surface area contributed by atoms with Gasteiger partial charge in [-0.2, -0.15) is 9.37 Å². The average Bonchev–Trinajstić information content (AvgIpc) is 2.45. The van der Waals surface area contributed by atoms with Gasteiger partial charge in [0.2, 0.25) is 11.7 Å². The van der Waals surface area contributed by atoms with E-state index in [0.717, 1.165) is 6.07 Å². The van der Waals surface area contributed by atoms with Gasteiger partial charge in [0, 0.05) is 13.5 Å². The first kappa shape index (κ1) is 14.2. The zero-order chi connectivity index (χ0) is 14.7. The molecule has 0 bridgehead atoms. The Labute approximate surface area is 115 Å². The van der Waals surface area contributed by atoms with Crippen molar-refractivity contribution in [2.45, 2.75) is 20.3 Å². The molecule has 0 amide bonds. The molecule has 0 saturated heterocycles. The molecule has 0 aliphatic rings. The molecular formula is C14H15F2N3O. The van der Waals surface area contributed by atoms with Gasteiger partial charge in [-0.1, -0.05) is 13.0 Å². The fraction of sp³-hybridized carbons (Fsp3) is 0.286. The predicted octanol–water partition coefficient (Wildman–Crippen LogP) is 3.46. The molecular weight excluding hydrogens is 264 g/mol. The molecule has 0 aliphatic carbocycles. The number of nitrogens with zero attached hydrogens (tertiary/aromatic N) is 2. The Morgan fingerprint density at radius 3 is 2.65 bits per heavy atom. The lowest BCUT2D eigenvalue weighted by Crippen LogP contribution is -2.05. The minimum absolute atomic E-state index is 0.198. The molecule has 0 spiro atoms. The average molecular weight is 279 g/mol. The van der Waals surface area contributed by atoms with Gasteiger partial charge in [0.05, 0.1) is 5.56 Å². The van der Waals surface area contributed by atoms with E-state index in [-0.39, 0.29) is 11.6 Å². The number of aryl methyl sites for hydroxylation is 1. The Balaban J connectivity index is 2.45. The summed E-state index contributed by atoms with van der Waals surface area (Å²) in [6, 6.07) is 3.76. The maximum Gasteiger partial charge on any atom is 0.227 e. The second-order valence-corrected chi connectivity index (χ2v) is 4.18. The second kappa shape index (κ2) is 5.81. The van der Waals surface area contributed by atoms with Crippen LogP contribution in [0.4, 0.5) is 14.6 Å². The first-order valence-electron chi connectivity index (χ1n) is 6.24. The number of ether oxygens (including phenoxy) is 1. The number of nitrogens with one attached hydrogen (secondary N) is 1. The maximum absolute atomic E-state index is 13.6. The standard InChI is InChI=1S/C14H15F2N3O/c1-4-11-18-13(17-3)8(2)14(19-11)20-10-7-5-6-9(15)12(10)16/h5-7H,4H2,1-3H3,(H,17,18,19). The van der Waals surface area contributed by atoms with Gasteiger partial charge >= 0.3 is 0 Å². The van der Waals surface area contributed by atoms with E-state index in [9.17, 15) is 8.78 Å². The van der Waals surface area contributed by atoms with Gasteiger partial charge in [0.15, 0.2) is 11.6 Å².